The van der Waals surface area contributed by atoms with Crippen molar-refractivity contribution in [3.05, 3.63) is 48.5 Å². The summed E-state index contributed by atoms with van der Waals surface area (Å²) >= 11 is 1.53. The molecule has 2 amide bonds. The summed E-state index contributed by atoms with van der Waals surface area (Å²) in [5.74, 6) is 1.69. The van der Waals surface area contributed by atoms with Crippen molar-refractivity contribution in [2.45, 2.75) is 40.0 Å². The van der Waals surface area contributed by atoms with E-state index in [1.165, 1.54) is 11.3 Å². The van der Waals surface area contributed by atoms with Crippen molar-refractivity contribution in [2.24, 2.45) is 0 Å². The summed E-state index contributed by atoms with van der Waals surface area (Å²) in [7, 11) is 0. The van der Waals surface area contributed by atoms with Crippen molar-refractivity contribution in [2.75, 3.05) is 42.1 Å². The van der Waals surface area contributed by atoms with Crippen molar-refractivity contribution < 1.29 is 9.32 Å². The van der Waals surface area contributed by atoms with Gasteiger partial charge in [-0.05, 0) is 25.2 Å². The monoisotopic (exact) mass is 547 g/mol. The number of nitrogens with zero attached hydrogens (tertiary/aromatic N) is 6. The van der Waals surface area contributed by atoms with E-state index >= 15 is 0 Å². The summed E-state index contributed by atoms with van der Waals surface area (Å²) in [5, 5.41) is 12.7. The van der Waals surface area contributed by atoms with E-state index in [9.17, 15) is 4.79 Å². The van der Waals surface area contributed by atoms with Gasteiger partial charge in [0, 0.05) is 42.0 Å². The fourth-order valence-electron chi connectivity index (χ4n) is 4.07. The summed E-state index contributed by atoms with van der Waals surface area (Å²) in [6.07, 6.45) is 3.82. The number of aromatic nitrogens is 5. The van der Waals surface area contributed by atoms with Crippen molar-refractivity contribution in [3.8, 4) is 11.3 Å². The predicted octanol–water partition coefficient (Wildman–Crippen LogP) is 5.69. The normalized spacial score (nSPS) is 11.9. The zero-order valence-electron chi connectivity index (χ0n) is 22.8. The third kappa shape index (κ3) is 6.02. The highest BCUT2D eigenvalue weighted by Gasteiger charge is 2.20. The lowest BCUT2D eigenvalue weighted by Gasteiger charge is -2.17. The Bertz CT molecular complexity index is 1580. The van der Waals surface area contributed by atoms with Gasteiger partial charge >= 0.3 is 6.03 Å². The van der Waals surface area contributed by atoms with Crippen LogP contribution in [0.2, 0.25) is 0 Å². The second kappa shape index (κ2) is 11.0. The van der Waals surface area contributed by atoms with Crippen LogP contribution in [-0.4, -0.2) is 61.6 Å². The van der Waals surface area contributed by atoms with Crippen molar-refractivity contribution >= 4 is 50.1 Å². The topological polar surface area (TPSA) is 126 Å². The zero-order chi connectivity index (χ0) is 27.6. The van der Waals surface area contributed by atoms with Crippen LogP contribution >= 0.6 is 11.3 Å². The van der Waals surface area contributed by atoms with Gasteiger partial charge in [-0.15, -0.1) is 0 Å². The molecule has 11 nitrogen and oxygen atoms in total. The number of nitrogens with one attached hydrogen (secondary N) is 3. The Hall–Kier alpha value is -4.03. The van der Waals surface area contributed by atoms with Crippen LogP contribution in [0.1, 0.15) is 40.4 Å². The van der Waals surface area contributed by atoms with E-state index in [0.29, 0.717) is 23.2 Å². The second-order valence-corrected chi connectivity index (χ2v) is 11.2. The number of likely N-dealkylation sites (N-methyl/N-ethyl adjacent to an activating group) is 1. The molecule has 0 unspecified atom stereocenters. The molecule has 39 heavy (non-hydrogen) atoms. The van der Waals surface area contributed by atoms with E-state index in [1.54, 1.807) is 6.07 Å². The Balaban J connectivity index is 1.23. The number of imidazole rings is 1. The van der Waals surface area contributed by atoms with Crippen molar-refractivity contribution in [3.63, 3.8) is 0 Å². The van der Waals surface area contributed by atoms with E-state index in [4.69, 9.17) is 9.51 Å². The number of benzene rings is 1. The molecule has 0 saturated carbocycles. The lowest BCUT2D eigenvalue weighted by molar-refractivity contribution is 0.262. The highest BCUT2D eigenvalue weighted by atomic mass is 32.1. The average Bonchev–Trinajstić information content (AvgIpc) is 3.62. The van der Waals surface area contributed by atoms with E-state index < -0.39 is 6.03 Å². The molecule has 204 valence electrons. The SMILES string of the molecule is CCN(CC)CCNc1ncc2c(n1)sc1nc(-c3ccc(NC(=O)Nc4cc(C(C)(C)C)on4)cc3)cn12. The minimum Gasteiger partial charge on any atom is -0.359 e. The average molecular weight is 548 g/mol. The first-order valence-electron chi connectivity index (χ1n) is 13.0. The first-order chi connectivity index (χ1) is 18.7. The van der Waals surface area contributed by atoms with Gasteiger partial charge in [0.15, 0.2) is 10.8 Å². The Morgan fingerprint density at radius 3 is 2.56 bits per heavy atom. The number of anilines is 3. The van der Waals surface area contributed by atoms with Gasteiger partial charge in [-0.25, -0.2) is 19.7 Å². The third-order valence-electron chi connectivity index (χ3n) is 6.39. The lowest BCUT2D eigenvalue weighted by atomic mass is 9.93. The van der Waals surface area contributed by atoms with Gasteiger partial charge in [-0.3, -0.25) is 9.72 Å². The Labute approximate surface area is 230 Å². The first kappa shape index (κ1) is 26.6. The number of carbonyl (C=O) groups excluding carboxylic acids is 1. The number of rotatable bonds is 9. The Morgan fingerprint density at radius 2 is 1.87 bits per heavy atom. The van der Waals surface area contributed by atoms with Gasteiger partial charge in [-0.2, -0.15) is 0 Å². The van der Waals surface area contributed by atoms with E-state index in [-0.39, 0.29) is 5.41 Å². The quantitative estimate of drug-likeness (QED) is 0.215. The largest absolute Gasteiger partial charge is 0.359 e. The highest BCUT2D eigenvalue weighted by molar-refractivity contribution is 7.23. The standard InChI is InChI=1S/C27H33N9O2S/c1-6-35(7-2)13-12-28-24-29-15-20-23(33-24)39-26-31-19(16-36(20)26)17-8-10-18(11-9-17)30-25(37)32-22-14-21(38-34-22)27(3,4)5/h8-11,14-16H,6-7,12-13H2,1-5H3,(H,28,29,33)(H2,30,32,34,37). The molecular formula is C27H33N9O2S. The Morgan fingerprint density at radius 1 is 1.10 bits per heavy atom. The maximum Gasteiger partial charge on any atom is 0.324 e. The number of urea groups is 1. The maximum absolute atomic E-state index is 12.4. The molecule has 0 bridgehead atoms. The summed E-state index contributed by atoms with van der Waals surface area (Å²) < 4.78 is 7.33. The van der Waals surface area contributed by atoms with E-state index in [0.717, 1.165) is 52.7 Å². The Kier molecular flexibility index (Phi) is 7.49. The van der Waals surface area contributed by atoms with Crippen molar-refractivity contribution in [1.29, 1.82) is 0 Å². The fourth-order valence-corrected chi connectivity index (χ4v) is 5.03. The highest BCUT2D eigenvalue weighted by Crippen LogP contribution is 2.29. The van der Waals surface area contributed by atoms with Gasteiger partial charge < -0.3 is 20.1 Å². The van der Waals surface area contributed by atoms with Crippen LogP contribution in [0.3, 0.4) is 0 Å². The minimum absolute atomic E-state index is 0.189. The van der Waals surface area contributed by atoms with Crippen LogP contribution in [0.15, 0.2) is 47.2 Å². The number of amides is 2. The van der Waals surface area contributed by atoms with Crippen LogP contribution in [0.5, 0.6) is 0 Å². The number of thiazole rings is 1. The van der Waals surface area contributed by atoms with Crippen LogP contribution in [-0.2, 0) is 5.41 Å². The van der Waals surface area contributed by atoms with Gasteiger partial charge in [0.1, 0.15) is 16.1 Å². The predicted molar refractivity (Wildman–Crippen MR) is 156 cm³/mol. The minimum atomic E-state index is -0.396. The maximum atomic E-state index is 12.4. The molecule has 5 rings (SSSR count). The van der Waals surface area contributed by atoms with Gasteiger partial charge in [0.25, 0.3) is 0 Å². The molecular weight excluding hydrogens is 514 g/mol. The number of fused-ring (bicyclic) bond motifs is 3. The smallest absolute Gasteiger partial charge is 0.324 e. The molecule has 1 aromatic carbocycles. The molecule has 0 radical (unpaired) electrons. The molecule has 0 aliphatic carbocycles. The molecule has 4 aromatic heterocycles. The molecule has 0 aliphatic rings. The summed E-state index contributed by atoms with van der Waals surface area (Å²) in [5.41, 5.74) is 3.15. The number of carbonyl (C=O) groups is 1. The second-order valence-electron chi connectivity index (χ2n) is 10.2. The fraction of sp³-hybridized carbons (Fsp3) is 0.370. The van der Waals surface area contributed by atoms with Gasteiger partial charge in [-0.1, -0.05) is 63.2 Å². The summed E-state index contributed by atoms with van der Waals surface area (Å²) in [4.78, 5) is 30.5. The molecule has 0 atom stereocenters. The summed E-state index contributed by atoms with van der Waals surface area (Å²) in [6.45, 7) is 14.2. The molecule has 12 heteroatoms. The molecule has 5 aromatic rings. The third-order valence-corrected chi connectivity index (χ3v) is 7.36. The summed E-state index contributed by atoms with van der Waals surface area (Å²) in [6, 6.07) is 8.85. The molecule has 0 saturated heterocycles. The van der Waals surface area contributed by atoms with Gasteiger partial charge in [0.2, 0.25) is 5.95 Å². The van der Waals surface area contributed by atoms with Crippen LogP contribution < -0.4 is 16.0 Å². The van der Waals surface area contributed by atoms with Crippen LogP contribution in [0, 0.1) is 0 Å². The molecule has 0 fully saturated rings. The lowest BCUT2D eigenvalue weighted by Crippen LogP contribution is -2.28. The number of hydrogen-bond acceptors (Lipinski definition) is 9. The van der Waals surface area contributed by atoms with Gasteiger partial charge in [0.05, 0.1) is 11.9 Å². The first-order valence-corrected chi connectivity index (χ1v) is 13.8. The molecule has 3 N–H and O–H groups in total. The van der Waals surface area contributed by atoms with Crippen LogP contribution in [0.4, 0.5) is 22.2 Å². The molecule has 4 heterocycles. The zero-order valence-corrected chi connectivity index (χ0v) is 23.6. The van der Waals surface area contributed by atoms with E-state index in [1.807, 2.05) is 61.8 Å². The molecule has 0 spiro atoms. The number of hydrogen-bond donors (Lipinski definition) is 3. The van der Waals surface area contributed by atoms with Crippen molar-refractivity contribution in [1.82, 2.24) is 29.4 Å². The van der Waals surface area contributed by atoms with Crippen LogP contribution in [0.25, 0.3) is 26.6 Å². The molecule has 0 aliphatic heterocycles. The van der Waals surface area contributed by atoms with E-state index in [2.05, 4.69) is 49.8 Å².